The molecule has 0 spiro atoms. The smallest absolute Gasteiger partial charge is 0.267 e. The van der Waals surface area contributed by atoms with Gasteiger partial charge < -0.3 is 10.3 Å². The van der Waals surface area contributed by atoms with Crippen molar-refractivity contribution in [2.24, 2.45) is 0 Å². The molecule has 0 aliphatic carbocycles. The zero-order valence-electron chi connectivity index (χ0n) is 17.2. The van der Waals surface area contributed by atoms with Gasteiger partial charge in [-0.25, -0.2) is 28.7 Å². The molecular weight excluding hydrogens is 452 g/mol. The van der Waals surface area contributed by atoms with Gasteiger partial charge in [-0.1, -0.05) is 24.6 Å². The summed E-state index contributed by atoms with van der Waals surface area (Å²) in [6.45, 7) is 1.89. The van der Waals surface area contributed by atoms with Gasteiger partial charge in [-0.2, -0.15) is 0 Å². The van der Waals surface area contributed by atoms with E-state index in [1.165, 1.54) is 41.5 Å². The van der Waals surface area contributed by atoms with Crippen LogP contribution in [-0.4, -0.2) is 29.5 Å². The summed E-state index contributed by atoms with van der Waals surface area (Å²) in [6, 6.07) is 7.52. The second kappa shape index (κ2) is 8.21. The molecule has 2 N–H and O–H groups in total. The predicted molar refractivity (Wildman–Crippen MR) is 121 cm³/mol. The molecule has 0 saturated heterocycles. The fourth-order valence-corrected chi connectivity index (χ4v) is 3.95. The molecule has 2 aromatic carbocycles. The van der Waals surface area contributed by atoms with Crippen molar-refractivity contribution in [1.82, 2.24) is 29.5 Å². The van der Waals surface area contributed by atoms with Gasteiger partial charge in [0, 0.05) is 0 Å². The van der Waals surface area contributed by atoms with Gasteiger partial charge in [0.2, 0.25) is 0 Å². The second-order valence-corrected chi connectivity index (χ2v) is 7.65. The van der Waals surface area contributed by atoms with Crippen LogP contribution in [0.1, 0.15) is 25.2 Å². The Balaban J connectivity index is 1.76. The van der Waals surface area contributed by atoms with E-state index >= 15 is 0 Å². The number of anilines is 1. The molecule has 3 aromatic heterocycles. The number of imidazole rings is 1. The van der Waals surface area contributed by atoms with Crippen molar-refractivity contribution in [1.29, 1.82) is 0 Å². The average Bonchev–Trinajstić information content (AvgIpc) is 3.29. The monoisotopic (exact) mass is 467 g/mol. The lowest BCUT2D eigenvalue weighted by atomic mass is 10.1. The maximum atomic E-state index is 14.2. The molecular formula is C22H16ClF2N7O. The molecule has 0 aliphatic heterocycles. The van der Waals surface area contributed by atoms with Gasteiger partial charge in [-0.15, -0.1) is 0 Å². The molecule has 0 fully saturated rings. The van der Waals surface area contributed by atoms with Gasteiger partial charge in [-0.3, -0.25) is 9.36 Å². The highest BCUT2D eigenvalue weighted by molar-refractivity contribution is 6.35. The van der Waals surface area contributed by atoms with E-state index < -0.39 is 23.2 Å². The summed E-state index contributed by atoms with van der Waals surface area (Å²) >= 11 is 6.12. The van der Waals surface area contributed by atoms with E-state index in [0.29, 0.717) is 23.4 Å². The number of hydrogen-bond acceptors (Lipinski definition) is 6. The topological polar surface area (TPSA) is 101 Å². The Hall–Kier alpha value is -3.92. The molecule has 5 rings (SSSR count). The standard InChI is InChI=1S/C22H16ClF2N7O/c1-2-14(30-20-18-19(27-9-26-18)28-10-29-20)21-31-15-7-6-13(25)17(23)16(15)22(33)32(21)12-5-3-4-11(24)8-12/h3-10,14H,2H2,1H3,(H2,26,27,28,29,30)/t14-/m0/s1. The Labute approximate surface area is 190 Å². The third kappa shape index (κ3) is 3.58. The van der Waals surface area contributed by atoms with Gasteiger partial charge in [0.05, 0.1) is 34.0 Å². The predicted octanol–water partition coefficient (Wildman–Crippen LogP) is 4.55. The number of nitrogens with one attached hydrogen (secondary N) is 2. The largest absolute Gasteiger partial charge is 0.358 e. The Morgan fingerprint density at radius 2 is 2.03 bits per heavy atom. The van der Waals surface area contributed by atoms with Crippen LogP contribution in [0, 0.1) is 11.6 Å². The number of nitrogens with zero attached hydrogens (tertiary/aromatic N) is 5. The van der Waals surface area contributed by atoms with Crippen LogP contribution in [-0.2, 0) is 0 Å². The van der Waals surface area contributed by atoms with Crippen LogP contribution >= 0.6 is 11.6 Å². The molecule has 1 atom stereocenters. The number of halogens is 3. The molecule has 0 amide bonds. The van der Waals surface area contributed by atoms with E-state index in [1.54, 1.807) is 6.07 Å². The fraction of sp³-hybridized carbons (Fsp3) is 0.136. The summed E-state index contributed by atoms with van der Waals surface area (Å²) < 4.78 is 29.5. The van der Waals surface area contributed by atoms with E-state index in [2.05, 4.69) is 30.2 Å². The van der Waals surface area contributed by atoms with Crippen LogP contribution in [0.5, 0.6) is 0 Å². The number of rotatable bonds is 5. The van der Waals surface area contributed by atoms with Gasteiger partial charge >= 0.3 is 0 Å². The summed E-state index contributed by atoms with van der Waals surface area (Å²) in [5.41, 5.74) is 0.901. The maximum absolute atomic E-state index is 14.2. The minimum Gasteiger partial charge on any atom is -0.358 e. The number of aromatic amines is 1. The Morgan fingerprint density at radius 3 is 2.82 bits per heavy atom. The lowest BCUT2D eigenvalue weighted by Crippen LogP contribution is -2.28. The fourth-order valence-electron chi connectivity index (χ4n) is 3.71. The van der Waals surface area contributed by atoms with Crippen molar-refractivity contribution in [3.05, 3.63) is 81.9 Å². The van der Waals surface area contributed by atoms with Crippen LogP contribution in [0.15, 0.2) is 53.8 Å². The molecule has 0 unspecified atom stereocenters. The first-order chi connectivity index (χ1) is 16.0. The quantitative estimate of drug-likeness (QED) is 0.393. The number of benzene rings is 2. The summed E-state index contributed by atoms with van der Waals surface area (Å²) in [4.78, 5) is 33.7. The highest BCUT2D eigenvalue weighted by atomic mass is 35.5. The van der Waals surface area contributed by atoms with Crippen LogP contribution in [0.3, 0.4) is 0 Å². The van der Waals surface area contributed by atoms with Crippen molar-refractivity contribution in [2.45, 2.75) is 19.4 Å². The molecule has 0 saturated carbocycles. The van der Waals surface area contributed by atoms with Crippen molar-refractivity contribution in [3.63, 3.8) is 0 Å². The lowest BCUT2D eigenvalue weighted by Gasteiger charge is -2.22. The number of aromatic nitrogens is 6. The summed E-state index contributed by atoms with van der Waals surface area (Å²) in [6.07, 6.45) is 3.36. The molecule has 3 heterocycles. The highest BCUT2D eigenvalue weighted by Gasteiger charge is 2.23. The molecule has 8 nitrogen and oxygen atoms in total. The van der Waals surface area contributed by atoms with E-state index in [1.807, 2.05) is 6.92 Å². The number of fused-ring (bicyclic) bond motifs is 2. The van der Waals surface area contributed by atoms with E-state index in [9.17, 15) is 13.6 Å². The van der Waals surface area contributed by atoms with Gasteiger partial charge in [0.25, 0.3) is 5.56 Å². The van der Waals surface area contributed by atoms with E-state index in [0.717, 1.165) is 6.07 Å². The second-order valence-electron chi connectivity index (χ2n) is 7.27. The minimum absolute atomic E-state index is 0.0868. The first kappa shape index (κ1) is 21.0. The Morgan fingerprint density at radius 1 is 1.18 bits per heavy atom. The molecule has 11 heteroatoms. The molecule has 0 radical (unpaired) electrons. The molecule has 0 aliphatic rings. The van der Waals surface area contributed by atoms with E-state index in [-0.39, 0.29) is 27.4 Å². The van der Waals surface area contributed by atoms with Crippen LogP contribution in [0.25, 0.3) is 27.8 Å². The van der Waals surface area contributed by atoms with Gasteiger partial charge in [-0.05, 0) is 36.8 Å². The third-order valence-electron chi connectivity index (χ3n) is 5.27. The van der Waals surface area contributed by atoms with Crippen LogP contribution < -0.4 is 10.9 Å². The minimum atomic E-state index is -0.742. The SMILES string of the molecule is CC[C@H](Nc1ncnc2[nH]cnc12)c1nc2ccc(F)c(Cl)c2c(=O)n1-c1cccc(F)c1. The van der Waals surface area contributed by atoms with Crippen LogP contribution in [0.4, 0.5) is 14.6 Å². The van der Waals surface area contributed by atoms with Gasteiger partial charge in [0.1, 0.15) is 29.3 Å². The third-order valence-corrected chi connectivity index (χ3v) is 5.64. The van der Waals surface area contributed by atoms with Crippen molar-refractivity contribution in [2.75, 3.05) is 5.32 Å². The van der Waals surface area contributed by atoms with Crippen molar-refractivity contribution in [3.8, 4) is 5.69 Å². The molecule has 166 valence electrons. The normalized spacial score (nSPS) is 12.4. The maximum Gasteiger partial charge on any atom is 0.267 e. The van der Waals surface area contributed by atoms with Crippen molar-refractivity contribution < 1.29 is 8.78 Å². The zero-order valence-corrected chi connectivity index (χ0v) is 17.9. The van der Waals surface area contributed by atoms with Gasteiger partial charge in [0.15, 0.2) is 11.5 Å². The number of H-pyrrole nitrogens is 1. The summed E-state index contributed by atoms with van der Waals surface area (Å²) in [5.74, 6) is -0.560. The average molecular weight is 468 g/mol. The van der Waals surface area contributed by atoms with Crippen LogP contribution in [0.2, 0.25) is 5.02 Å². The highest BCUT2D eigenvalue weighted by Crippen LogP contribution is 2.28. The zero-order chi connectivity index (χ0) is 23.1. The molecule has 33 heavy (non-hydrogen) atoms. The molecule has 0 bridgehead atoms. The van der Waals surface area contributed by atoms with E-state index in [4.69, 9.17) is 11.6 Å². The lowest BCUT2D eigenvalue weighted by molar-refractivity contribution is 0.620. The summed E-state index contributed by atoms with van der Waals surface area (Å²) in [5, 5.41) is 2.84. The first-order valence-electron chi connectivity index (χ1n) is 10.0. The first-order valence-corrected chi connectivity index (χ1v) is 10.4. The Bertz CT molecular complexity index is 1570. The Kier molecular flexibility index (Phi) is 5.21. The molecule has 5 aromatic rings. The number of hydrogen-bond donors (Lipinski definition) is 2. The summed E-state index contributed by atoms with van der Waals surface area (Å²) in [7, 11) is 0. The van der Waals surface area contributed by atoms with Crippen molar-refractivity contribution >= 4 is 39.5 Å².